The van der Waals surface area contributed by atoms with Crippen LogP contribution in [0.25, 0.3) is 0 Å². The van der Waals surface area contributed by atoms with Gasteiger partial charge in [0.2, 0.25) is 0 Å². The summed E-state index contributed by atoms with van der Waals surface area (Å²) in [5, 5.41) is 10.8. The molecule has 1 heterocycles. The lowest BCUT2D eigenvalue weighted by molar-refractivity contribution is 0.0696. The quantitative estimate of drug-likeness (QED) is 0.931. The molecule has 0 unspecified atom stereocenters. The molecule has 5 nitrogen and oxygen atoms in total. The number of aromatic carboxylic acids is 1. The SMILES string of the molecule is Cc1c(C(=O)O)cc(Cl)cc1S(=O)(=O)Cc1cscn1. The smallest absolute Gasteiger partial charge is 0.336 e. The van der Waals surface area contributed by atoms with Crippen LogP contribution in [0.5, 0.6) is 0 Å². The zero-order chi connectivity index (χ0) is 14.9. The van der Waals surface area contributed by atoms with Crippen LogP contribution in [-0.2, 0) is 15.6 Å². The van der Waals surface area contributed by atoms with Crippen molar-refractivity contribution >= 4 is 38.7 Å². The molecule has 0 amide bonds. The zero-order valence-electron chi connectivity index (χ0n) is 10.3. The van der Waals surface area contributed by atoms with Crippen LogP contribution in [0.3, 0.4) is 0 Å². The van der Waals surface area contributed by atoms with Crippen LogP contribution >= 0.6 is 22.9 Å². The summed E-state index contributed by atoms with van der Waals surface area (Å²) in [7, 11) is -3.70. The third-order valence-electron chi connectivity index (χ3n) is 2.71. The number of halogens is 1. The molecule has 1 aromatic heterocycles. The molecule has 1 aromatic carbocycles. The summed E-state index contributed by atoms with van der Waals surface area (Å²) in [5.74, 6) is -1.49. The van der Waals surface area contributed by atoms with Crippen molar-refractivity contribution in [3.8, 4) is 0 Å². The molecule has 0 radical (unpaired) electrons. The van der Waals surface area contributed by atoms with Crippen molar-refractivity contribution in [2.24, 2.45) is 0 Å². The highest BCUT2D eigenvalue weighted by Gasteiger charge is 2.23. The van der Waals surface area contributed by atoms with Crippen molar-refractivity contribution < 1.29 is 18.3 Å². The van der Waals surface area contributed by atoms with Gasteiger partial charge in [0.1, 0.15) is 0 Å². The molecule has 0 fully saturated rings. The van der Waals surface area contributed by atoms with Gasteiger partial charge in [-0.1, -0.05) is 11.6 Å². The van der Waals surface area contributed by atoms with Gasteiger partial charge in [0.25, 0.3) is 0 Å². The zero-order valence-corrected chi connectivity index (χ0v) is 12.7. The summed E-state index contributed by atoms with van der Waals surface area (Å²) in [4.78, 5) is 15.0. The van der Waals surface area contributed by atoms with Crippen LogP contribution in [0, 0.1) is 6.92 Å². The number of rotatable bonds is 4. The Morgan fingerprint density at radius 2 is 2.15 bits per heavy atom. The van der Waals surface area contributed by atoms with E-state index in [0.29, 0.717) is 5.69 Å². The van der Waals surface area contributed by atoms with Crippen molar-refractivity contribution in [2.75, 3.05) is 0 Å². The number of carboxylic acid groups (broad SMARTS) is 1. The molecule has 0 aliphatic rings. The molecule has 0 bridgehead atoms. The minimum Gasteiger partial charge on any atom is -0.478 e. The number of benzene rings is 1. The van der Waals surface area contributed by atoms with E-state index in [1.807, 2.05) is 0 Å². The van der Waals surface area contributed by atoms with Gasteiger partial charge < -0.3 is 5.11 Å². The third kappa shape index (κ3) is 3.00. The molecule has 0 saturated carbocycles. The predicted molar refractivity (Wildman–Crippen MR) is 76.2 cm³/mol. The molecule has 0 aliphatic carbocycles. The Morgan fingerprint density at radius 1 is 1.45 bits per heavy atom. The van der Waals surface area contributed by atoms with E-state index in [0.717, 1.165) is 0 Å². The van der Waals surface area contributed by atoms with Crippen LogP contribution in [0.4, 0.5) is 0 Å². The predicted octanol–water partition coefficient (Wildman–Crippen LogP) is 2.78. The summed E-state index contributed by atoms with van der Waals surface area (Å²) in [6, 6.07) is 2.51. The highest BCUT2D eigenvalue weighted by Crippen LogP contribution is 2.27. The van der Waals surface area contributed by atoms with Crippen molar-refractivity contribution in [1.29, 1.82) is 0 Å². The number of sulfone groups is 1. The fourth-order valence-electron chi connectivity index (χ4n) is 1.78. The Hall–Kier alpha value is -1.44. The first kappa shape index (κ1) is 15.0. The van der Waals surface area contributed by atoms with E-state index < -0.39 is 15.8 Å². The van der Waals surface area contributed by atoms with E-state index in [2.05, 4.69) is 4.98 Å². The van der Waals surface area contributed by atoms with Crippen molar-refractivity contribution in [3.05, 3.63) is 44.9 Å². The molecule has 0 saturated heterocycles. The number of carboxylic acids is 1. The first-order valence-electron chi connectivity index (χ1n) is 5.44. The van der Waals surface area contributed by atoms with Gasteiger partial charge in [0, 0.05) is 10.4 Å². The molecule has 0 aliphatic heterocycles. The maximum atomic E-state index is 12.4. The molecule has 106 valence electrons. The van der Waals surface area contributed by atoms with Gasteiger partial charge in [-0.15, -0.1) is 11.3 Å². The summed E-state index contributed by atoms with van der Waals surface area (Å²) in [5.41, 5.74) is 2.02. The van der Waals surface area contributed by atoms with Crippen LogP contribution in [0.15, 0.2) is 27.9 Å². The normalized spacial score (nSPS) is 11.5. The summed E-state index contributed by atoms with van der Waals surface area (Å²) in [6.07, 6.45) is 0. The highest BCUT2D eigenvalue weighted by atomic mass is 35.5. The highest BCUT2D eigenvalue weighted by molar-refractivity contribution is 7.90. The topological polar surface area (TPSA) is 84.3 Å². The van der Waals surface area contributed by atoms with E-state index in [1.165, 1.54) is 30.4 Å². The summed E-state index contributed by atoms with van der Waals surface area (Å²) >= 11 is 7.11. The first-order chi connectivity index (χ1) is 9.31. The van der Waals surface area contributed by atoms with Gasteiger partial charge >= 0.3 is 5.97 Å². The molecule has 2 aromatic rings. The Kier molecular flexibility index (Phi) is 4.12. The molecule has 0 atom stereocenters. The Balaban J connectivity index is 2.54. The van der Waals surface area contributed by atoms with E-state index in [4.69, 9.17) is 16.7 Å². The minimum atomic E-state index is -3.70. The van der Waals surface area contributed by atoms with E-state index in [-0.39, 0.29) is 26.8 Å². The maximum absolute atomic E-state index is 12.4. The number of thiazole rings is 1. The van der Waals surface area contributed by atoms with Gasteiger partial charge in [0.15, 0.2) is 9.84 Å². The van der Waals surface area contributed by atoms with Crippen LogP contribution in [0.1, 0.15) is 21.6 Å². The average Bonchev–Trinajstić information content (AvgIpc) is 2.83. The lowest BCUT2D eigenvalue weighted by Crippen LogP contribution is -2.10. The van der Waals surface area contributed by atoms with Crippen molar-refractivity contribution in [2.45, 2.75) is 17.6 Å². The molecule has 2 rings (SSSR count). The second kappa shape index (κ2) is 5.51. The number of nitrogens with zero attached hydrogens (tertiary/aromatic N) is 1. The number of carbonyl (C=O) groups is 1. The fraction of sp³-hybridized carbons (Fsp3) is 0.167. The molecule has 20 heavy (non-hydrogen) atoms. The fourth-order valence-corrected chi connectivity index (χ4v) is 4.31. The van der Waals surface area contributed by atoms with Gasteiger partial charge in [-0.05, 0) is 24.6 Å². The first-order valence-corrected chi connectivity index (χ1v) is 8.42. The van der Waals surface area contributed by atoms with E-state index >= 15 is 0 Å². The Labute approximate surface area is 124 Å². The monoisotopic (exact) mass is 331 g/mol. The lowest BCUT2D eigenvalue weighted by Gasteiger charge is -2.10. The standard InChI is InChI=1S/C12H10ClNO4S2/c1-7-10(12(15)16)2-8(13)3-11(7)20(17,18)5-9-4-19-6-14-9/h2-4,6H,5H2,1H3,(H,15,16). The second-order valence-corrected chi connectivity index (χ2v) is 7.23. The maximum Gasteiger partial charge on any atom is 0.336 e. The van der Waals surface area contributed by atoms with Gasteiger partial charge in [-0.3, -0.25) is 0 Å². The van der Waals surface area contributed by atoms with Crippen LogP contribution < -0.4 is 0 Å². The van der Waals surface area contributed by atoms with Gasteiger partial charge in [-0.2, -0.15) is 0 Å². The third-order valence-corrected chi connectivity index (χ3v) is 5.34. The van der Waals surface area contributed by atoms with Gasteiger partial charge in [0.05, 0.1) is 27.4 Å². The molecule has 1 N–H and O–H groups in total. The molecule has 0 spiro atoms. The van der Waals surface area contributed by atoms with Crippen LogP contribution in [0.2, 0.25) is 5.02 Å². The van der Waals surface area contributed by atoms with Crippen molar-refractivity contribution in [3.63, 3.8) is 0 Å². The summed E-state index contributed by atoms with van der Waals surface area (Å²) < 4.78 is 24.7. The minimum absolute atomic E-state index is 0.0737. The largest absolute Gasteiger partial charge is 0.478 e. The summed E-state index contributed by atoms with van der Waals surface area (Å²) in [6.45, 7) is 1.45. The molecular weight excluding hydrogens is 322 g/mol. The number of hydrogen-bond acceptors (Lipinski definition) is 5. The lowest BCUT2D eigenvalue weighted by atomic mass is 10.1. The molecule has 8 heteroatoms. The average molecular weight is 332 g/mol. The number of hydrogen-bond donors (Lipinski definition) is 1. The Morgan fingerprint density at radius 3 is 2.70 bits per heavy atom. The molecular formula is C12H10ClNO4S2. The van der Waals surface area contributed by atoms with Gasteiger partial charge in [-0.25, -0.2) is 18.2 Å². The Bertz CT molecular complexity index is 754. The van der Waals surface area contributed by atoms with E-state index in [9.17, 15) is 13.2 Å². The second-order valence-electron chi connectivity index (χ2n) is 4.12. The van der Waals surface area contributed by atoms with Crippen LogP contribution in [-0.4, -0.2) is 24.5 Å². The van der Waals surface area contributed by atoms with E-state index in [1.54, 1.807) is 10.9 Å². The van der Waals surface area contributed by atoms with Crippen molar-refractivity contribution in [1.82, 2.24) is 4.98 Å². The number of aromatic nitrogens is 1.